The van der Waals surface area contributed by atoms with Crippen molar-refractivity contribution in [3.05, 3.63) is 43.8 Å². The summed E-state index contributed by atoms with van der Waals surface area (Å²) in [5, 5.41) is 3.11. The predicted octanol–water partition coefficient (Wildman–Crippen LogP) is 2.13. The SMILES string of the molecule is Cc1ccc(Nc2nc[nH]c(=O)c2I)c(C)n1. The summed E-state index contributed by atoms with van der Waals surface area (Å²) in [5.74, 6) is 0.545. The molecule has 0 fully saturated rings. The monoisotopic (exact) mass is 342 g/mol. The largest absolute Gasteiger partial charge is 0.338 e. The van der Waals surface area contributed by atoms with E-state index in [2.05, 4.69) is 20.3 Å². The maximum absolute atomic E-state index is 11.4. The van der Waals surface area contributed by atoms with Gasteiger partial charge in [-0.15, -0.1) is 0 Å². The fourth-order valence-electron chi connectivity index (χ4n) is 1.42. The summed E-state index contributed by atoms with van der Waals surface area (Å²) in [7, 11) is 0. The van der Waals surface area contributed by atoms with Crippen LogP contribution in [0.4, 0.5) is 11.5 Å². The van der Waals surface area contributed by atoms with Crippen LogP contribution in [0.3, 0.4) is 0 Å². The molecule has 0 aliphatic carbocycles. The van der Waals surface area contributed by atoms with E-state index in [-0.39, 0.29) is 5.56 Å². The lowest BCUT2D eigenvalue weighted by Crippen LogP contribution is -2.13. The van der Waals surface area contributed by atoms with Crippen LogP contribution >= 0.6 is 22.6 Å². The van der Waals surface area contributed by atoms with Gasteiger partial charge >= 0.3 is 0 Å². The molecule has 0 spiro atoms. The smallest absolute Gasteiger partial charge is 0.266 e. The zero-order valence-electron chi connectivity index (χ0n) is 9.41. The third-order valence-electron chi connectivity index (χ3n) is 2.27. The third kappa shape index (κ3) is 2.63. The maximum Gasteiger partial charge on any atom is 0.266 e. The molecule has 0 aromatic carbocycles. The second-order valence-electron chi connectivity index (χ2n) is 3.60. The Bertz CT molecular complexity index is 609. The Hall–Kier alpha value is -1.44. The number of hydrogen-bond acceptors (Lipinski definition) is 4. The number of rotatable bonds is 2. The van der Waals surface area contributed by atoms with Gasteiger partial charge in [0.05, 0.1) is 17.7 Å². The minimum Gasteiger partial charge on any atom is -0.338 e. The molecule has 0 aliphatic heterocycles. The Morgan fingerprint density at radius 1 is 1.35 bits per heavy atom. The number of anilines is 2. The Morgan fingerprint density at radius 2 is 2.12 bits per heavy atom. The average Bonchev–Trinajstić information content (AvgIpc) is 2.28. The molecular weight excluding hydrogens is 331 g/mol. The molecule has 0 amide bonds. The molecular formula is C11H11IN4O. The molecule has 0 unspecified atom stereocenters. The van der Waals surface area contributed by atoms with E-state index in [1.807, 2.05) is 48.6 Å². The standard InChI is InChI=1S/C11H11IN4O/c1-6-3-4-8(7(2)15-6)16-10-9(12)11(17)14-5-13-10/h3-5H,1-2H3,(H2,13,14,16,17). The topological polar surface area (TPSA) is 70.7 Å². The summed E-state index contributed by atoms with van der Waals surface area (Å²) in [6, 6.07) is 3.84. The molecule has 0 bridgehead atoms. The van der Waals surface area contributed by atoms with Gasteiger partial charge in [0.2, 0.25) is 0 Å². The Kier molecular flexibility index (Phi) is 3.41. The number of aromatic nitrogens is 3. The first-order valence-electron chi connectivity index (χ1n) is 5.02. The molecule has 5 nitrogen and oxygen atoms in total. The summed E-state index contributed by atoms with van der Waals surface area (Å²) >= 11 is 1.96. The van der Waals surface area contributed by atoms with E-state index in [1.54, 1.807) is 0 Å². The number of pyridine rings is 1. The van der Waals surface area contributed by atoms with Crippen LogP contribution in [0.2, 0.25) is 0 Å². The van der Waals surface area contributed by atoms with Gasteiger partial charge in [0.15, 0.2) is 5.82 Å². The summed E-state index contributed by atoms with van der Waals surface area (Å²) in [4.78, 5) is 22.4. The van der Waals surface area contributed by atoms with Crippen molar-refractivity contribution < 1.29 is 0 Å². The van der Waals surface area contributed by atoms with Gasteiger partial charge < -0.3 is 10.3 Å². The molecule has 0 aliphatic rings. The molecule has 0 atom stereocenters. The average molecular weight is 342 g/mol. The van der Waals surface area contributed by atoms with Crippen molar-refractivity contribution in [3.63, 3.8) is 0 Å². The molecule has 0 saturated carbocycles. The van der Waals surface area contributed by atoms with Gasteiger partial charge in [-0.05, 0) is 48.6 Å². The quantitative estimate of drug-likeness (QED) is 0.821. The first kappa shape index (κ1) is 12.0. The number of hydrogen-bond donors (Lipinski definition) is 2. The van der Waals surface area contributed by atoms with Crippen molar-refractivity contribution in [3.8, 4) is 0 Å². The number of aromatic amines is 1. The third-order valence-corrected chi connectivity index (χ3v) is 3.28. The zero-order valence-corrected chi connectivity index (χ0v) is 11.6. The summed E-state index contributed by atoms with van der Waals surface area (Å²) in [6.45, 7) is 3.85. The highest BCUT2D eigenvalue weighted by atomic mass is 127. The van der Waals surface area contributed by atoms with E-state index < -0.39 is 0 Å². The first-order chi connectivity index (χ1) is 8.08. The molecule has 2 heterocycles. The molecule has 2 N–H and O–H groups in total. The summed E-state index contributed by atoms with van der Waals surface area (Å²) in [6.07, 6.45) is 1.38. The van der Waals surface area contributed by atoms with Crippen molar-refractivity contribution in [1.82, 2.24) is 15.0 Å². The Balaban J connectivity index is 2.38. The number of nitrogens with zero attached hydrogens (tertiary/aromatic N) is 2. The molecule has 0 radical (unpaired) electrons. The second-order valence-corrected chi connectivity index (χ2v) is 4.68. The number of nitrogens with one attached hydrogen (secondary N) is 2. The van der Waals surface area contributed by atoms with E-state index in [0.29, 0.717) is 9.39 Å². The van der Waals surface area contributed by atoms with Crippen molar-refractivity contribution in [2.45, 2.75) is 13.8 Å². The molecule has 88 valence electrons. The van der Waals surface area contributed by atoms with Crippen molar-refractivity contribution in [1.29, 1.82) is 0 Å². The van der Waals surface area contributed by atoms with Gasteiger partial charge in [-0.3, -0.25) is 9.78 Å². The van der Waals surface area contributed by atoms with E-state index in [9.17, 15) is 4.79 Å². The van der Waals surface area contributed by atoms with Crippen LogP contribution in [0, 0.1) is 17.4 Å². The van der Waals surface area contributed by atoms with E-state index in [1.165, 1.54) is 6.33 Å². The molecule has 6 heteroatoms. The predicted molar refractivity (Wildman–Crippen MR) is 74.6 cm³/mol. The first-order valence-corrected chi connectivity index (χ1v) is 6.10. The summed E-state index contributed by atoms with van der Waals surface area (Å²) in [5.41, 5.74) is 2.54. The summed E-state index contributed by atoms with van der Waals surface area (Å²) < 4.78 is 0.532. The van der Waals surface area contributed by atoms with Crippen molar-refractivity contribution in [2.24, 2.45) is 0 Å². The molecule has 2 aromatic rings. The minimum atomic E-state index is -0.152. The molecule has 2 aromatic heterocycles. The van der Waals surface area contributed by atoms with E-state index >= 15 is 0 Å². The van der Waals surface area contributed by atoms with Crippen LogP contribution in [0.25, 0.3) is 0 Å². The van der Waals surface area contributed by atoms with Gasteiger partial charge in [-0.2, -0.15) is 0 Å². The molecule has 0 saturated heterocycles. The fourth-order valence-corrected chi connectivity index (χ4v) is 1.85. The number of aryl methyl sites for hydroxylation is 2. The minimum absolute atomic E-state index is 0.152. The lowest BCUT2D eigenvalue weighted by Gasteiger charge is -2.09. The van der Waals surface area contributed by atoms with Gasteiger partial charge in [-0.1, -0.05) is 0 Å². The van der Waals surface area contributed by atoms with Gasteiger partial charge in [0.25, 0.3) is 5.56 Å². The van der Waals surface area contributed by atoms with Gasteiger partial charge in [0.1, 0.15) is 3.57 Å². The van der Waals surface area contributed by atoms with Crippen LogP contribution in [0.1, 0.15) is 11.4 Å². The van der Waals surface area contributed by atoms with E-state index in [4.69, 9.17) is 0 Å². The van der Waals surface area contributed by atoms with Crippen LogP contribution in [-0.2, 0) is 0 Å². The maximum atomic E-state index is 11.4. The fraction of sp³-hybridized carbons (Fsp3) is 0.182. The Morgan fingerprint density at radius 3 is 2.82 bits per heavy atom. The van der Waals surface area contributed by atoms with Gasteiger partial charge in [0, 0.05) is 5.69 Å². The van der Waals surface area contributed by atoms with Crippen molar-refractivity contribution in [2.75, 3.05) is 5.32 Å². The van der Waals surface area contributed by atoms with Crippen LogP contribution in [-0.4, -0.2) is 15.0 Å². The normalized spacial score (nSPS) is 10.3. The van der Waals surface area contributed by atoms with E-state index in [0.717, 1.165) is 17.1 Å². The van der Waals surface area contributed by atoms with Crippen LogP contribution in [0.15, 0.2) is 23.3 Å². The zero-order chi connectivity index (χ0) is 12.4. The van der Waals surface area contributed by atoms with Crippen LogP contribution < -0.4 is 10.9 Å². The Labute approximate surface area is 112 Å². The highest BCUT2D eigenvalue weighted by Gasteiger charge is 2.07. The van der Waals surface area contributed by atoms with Crippen molar-refractivity contribution >= 4 is 34.1 Å². The molecule has 2 rings (SSSR count). The number of H-pyrrole nitrogens is 1. The second kappa shape index (κ2) is 4.82. The van der Waals surface area contributed by atoms with Crippen LogP contribution in [0.5, 0.6) is 0 Å². The van der Waals surface area contributed by atoms with Gasteiger partial charge in [-0.25, -0.2) is 4.98 Å². The number of halogens is 1. The molecule has 17 heavy (non-hydrogen) atoms. The lowest BCUT2D eigenvalue weighted by atomic mass is 10.3. The lowest BCUT2D eigenvalue weighted by molar-refractivity contribution is 1.09. The highest BCUT2D eigenvalue weighted by Crippen LogP contribution is 2.19. The highest BCUT2D eigenvalue weighted by molar-refractivity contribution is 14.1.